The lowest BCUT2D eigenvalue weighted by Gasteiger charge is -2.28. The smallest absolute Gasteiger partial charge is 0.378 e. The Morgan fingerprint density at radius 1 is 1.37 bits per heavy atom. The molecule has 2 atom stereocenters. The topological polar surface area (TPSA) is 120 Å². The summed E-state index contributed by atoms with van der Waals surface area (Å²) in [7, 11) is -3.10. The van der Waals surface area contributed by atoms with Crippen molar-refractivity contribution in [2.45, 2.75) is 23.9 Å². The molecule has 9 heteroatoms. The van der Waals surface area contributed by atoms with Gasteiger partial charge in [0, 0.05) is 18.0 Å². The molecule has 0 bridgehead atoms. The SMILES string of the molecule is C=CCC(N)C(=O)[N@+](O)(Cc1cccnc1)S(=O)(=O)c1ccc(OC)cc1. The zero-order valence-electron chi connectivity index (χ0n) is 14.9. The fraction of sp³-hybridized carbons (Fsp3) is 0.222. The summed E-state index contributed by atoms with van der Waals surface area (Å²) in [6, 6.07) is 7.27. The van der Waals surface area contributed by atoms with Crippen LogP contribution in [0.3, 0.4) is 0 Å². The minimum atomic E-state index is -4.54. The summed E-state index contributed by atoms with van der Waals surface area (Å²) in [4.78, 5) is 16.5. The number of nitrogens with two attached hydrogens (primary N) is 1. The van der Waals surface area contributed by atoms with Crippen LogP contribution in [-0.4, -0.2) is 41.7 Å². The molecule has 2 aromatic rings. The van der Waals surface area contributed by atoms with Gasteiger partial charge >= 0.3 is 15.9 Å². The number of benzene rings is 1. The van der Waals surface area contributed by atoms with Gasteiger partial charge in [-0.3, -0.25) is 4.98 Å². The second-order valence-corrected chi connectivity index (χ2v) is 7.87. The van der Waals surface area contributed by atoms with Gasteiger partial charge in [0.05, 0.1) is 7.11 Å². The number of hydroxylamine groups is 2. The van der Waals surface area contributed by atoms with Gasteiger partial charge in [0.15, 0.2) is 6.54 Å². The highest BCUT2D eigenvalue weighted by molar-refractivity contribution is 7.86. The quantitative estimate of drug-likeness (QED) is 0.303. The lowest BCUT2D eigenvalue weighted by atomic mass is 10.2. The van der Waals surface area contributed by atoms with Crippen LogP contribution in [0.15, 0.2) is 66.3 Å². The number of carbonyl (C=O) groups excluding carboxylic acids is 1. The number of rotatable bonds is 8. The summed E-state index contributed by atoms with van der Waals surface area (Å²) in [5.41, 5.74) is 6.15. The Labute approximate surface area is 158 Å². The van der Waals surface area contributed by atoms with Crippen molar-refractivity contribution in [3.63, 3.8) is 0 Å². The van der Waals surface area contributed by atoms with Crippen molar-refractivity contribution >= 4 is 15.9 Å². The fourth-order valence-electron chi connectivity index (χ4n) is 2.48. The van der Waals surface area contributed by atoms with Crippen molar-refractivity contribution in [3.05, 3.63) is 67.0 Å². The molecule has 1 amide bonds. The third-order valence-corrected chi connectivity index (χ3v) is 5.93. The lowest BCUT2D eigenvalue weighted by molar-refractivity contribution is -0.947. The summed E-state index contributed by atoms with van der Waals surface area (Å²) in [6.07, 6.45) is 4.28. The molecule has 2 rings (SSSR count). The van der Waals surface area contributed by atoms with E-state index in [1.54, 1.807) is 12.1 Å². The summed E-state index contributed by atoms with van der Waals surface area (Å²) in [6.45, 7) is 2.96. The molecule has 0 fully saturated rings. The van der Waals surface area contributed by atoms with Crippen molar-refractivity contribution in [1.82, 2.24) is 4.98 Å². The first-order valence-corrected chi connectivity index (χ1v) is 9.50. The van der Waals surface area contributed by atoms with Crippen molar-refractivity contribution in [1.29, 1.82) is 0 Å². The number of aromatic nitrogens is 1. The monoisotopic (exact) mass is 392 g/mol. The fourth-order valence-corrected chi connectivity index (χ4v) is 4.00. The van der Waals surface area contributed by atoms with Gasteiger partial charge in [0.2, 0.25) is 0 Å². The average Bonchev–Trinajstić information content (AvgIpc) is 2.68. The van der Waals surface area contributed by atoms with E-state index in [0.29, 0.717) is 11.3 Å². The van der Waals surface area contributed by atoms with Gasteiger partial charge in [-0.05, 0) is 40.8 Å². The van der Waals surface area contributed by atoms with E-state index in [1.807, 2.05) is 0 Å². The first kappa shape index (κ1) is 20.7. The molecular weight excluding hydrogens is 370 g/mol. The molecule has 0 saturated heterocycles. The van der Waals surface area contributed by atoms with Crippen LogP contribution < -0.4 is 10.5 Å². The van der Waals surface area contributed by atoms with Crippen LogP contribution in [-0.2, 0) is 21.4 Å². The summed E-state index contributed by atoms with van der Waals surface area (Å²) < 4.78 is 29.4. The second kappa shape index (κ2) is 8.40. The van der Waals surface area contributed by atoms with E-state index in [9.17, 15) is 18.4 Å². The molecule has 144 valence electrons. The first-order valence-electron chi connectivity index (χ1n) is 8.06. The molecule has 1 unspecified atom stereocenters. The zero-order chi connectivity index (χ0) is 20.1. The van der Waals surface area contributed by atoms with Gasteiger partial charge in [0.1, 0.15) is 16.7 Å². The van der Waals surface area contributed by atoms with Crippen LogP contribution in [0.1, 0.15) is 12.0 Å². The molecule has 1 aromatic heterocycles. The van der Waals surface area contributed by atoms with E-state index in [4.69, 9.17) is 10.5 Å². The molecule has 0 aliphatic heterocycles. The minimum absolute atomic E-state index is 0.0184. The van der Waals surface area contributed by atoms with E-state index in [1.165, 1.54) is 49.8 Å². The number of amides is 1. The van der Waals surface area contributed by atoms with Crippen molar-refractivity contribution in [3.8, 4) is 5.75 Å². The number of quaternary nitrogens is 1. The molecule has 8 nitrogen and oxygen atoms in total. The maximum Gasteiger partial charge on any atom is 0.378 e. The minimum Gasteiger partial charge on any atom is -0.497 e. The molecule has 0 saturated carbocycles. The predicted octanol–water partition coefficient (Wildman–Crippen LogP) is 1.62. The Morgan fingerprint density at radius 3 is 2.56 bits per heavy atom. The van der Waals surface area contributed by atoms with Crippen molar-refractivity contribution in [2.75, 3.05) is 7.11 Å². The molecule has 1 heterocycles. The Balaban J connectivity index is 2.55. The number of nitrogens with zero attached hydrogens (tertiary/aromatic N) is 2. The largest absolute Gasteiger partial charge is 0.497 e. The third kappa shape index (κ3) is 4.22. The van der Waals surface area contributed by atoms with Crippen LogP contribution in [0.25, 0.3) is 0 Å². The van der Waals surface area contributed by atoms with E-state index >= 15 is 0 Å². The molecule has 0 aliphatic rings. The van der Waals surface area contributed by atoms with E-state index in [-0.39, 0.29) is 11.3 Å². The van der Waals surface area contributed by atoms with Crippen LogP contribution in [0.4, 0.5) is 0 Å². The normalized spacial score (nSPS) is 14.8. The maximum absolute atomic E-state index is 13.2. The third-order valence-electron chi connectivity index (χ3n) is 3.96. The Morgan fingerprint density at radius 2 is 2.04 bits per heavy atom. The molecule has 0 spiro atoms. The number of sulfonamides is 1. The highest BCUT2D eigenvalue weighted by Crippen LogP contribution is 2.28. The van der Waals surface area contributed by atoms with Gasteiger partial charge in [-0.2, -0.15) is 13.6 Å². The van der Waals surface area contributed by atoms with Gasteiger partial charge in [-0.1, -0.05) is 12.1 Å². The van der Waals surface area contributed by atoms with Crippen LogP contribution in [0, 0.1) is 0 Å². The summed E-state index contributed by atoms with van der Waals surface area (Å²) in [5.74, 6) is -0.624. The number of ether oxygens (including phenoxy) is 1. The van der Waals surface area contributed by atoms with Gasteiger partial charge in [0.25, 0.3) is 0 Å². The summed E-state index contributed by atoms with van der Waals surface area (Å²) in [5, 5.41) is 11.1. The molecule has 27 heavy (non-hydrogen) atoms. The predicted molar refractivity (Wildman–Crippen MR) is 98.0 cm³/mol. The second-order valence-electron chi connectivity index (χ2n) is 5.84. The molecule has 0 aliphatic carbocycles. The zero-order valence-corrected chi connectivity index (χ0v) is 15.7. The Kier molecular flexibility index (Phi) is 6.45. The van der Waals surface area contributed by atoms with Crippen molar-refractivity contribution in [2.24, 2.45) is 5.73 Å². The van der Waals surface area contributed by atoms with Crippen molar-refractivity contribution < 1.29 is 27.2 Å². The Bertz CT molecular complexity index is 900. The molecule has 0 radical (unpaired) electrons. The van der Waals surface area contributed by atoms with Crippen LogP contribution in [0.2, 0.25) is 0 Å². The highest BCUT2D eigenvalue weighted by Gasteiger charge is 2.52. The van der Waals surface area contributed by atoms with Gasteiger partial charge in [-0.25, -0.2) is 4.79 Å². The summed E-state index contributed by atoms with van der Waals surface area (Å²) >= 11 is 0. The first-order chi connectivity index (χ1) is 12.8. The average molecular weight is 392 g/mol. The van der Waals surface area contributed by atoms with Crippen LogP contribution in [0.5, 0.6) is 5.75 Å². The van der Waals surface area contributed by atoms with Crippen LogP contribution >= 0.6 is 0 Å². The van der Waals surface area contributed by atoms with Gasteiger partial charge in [-0.15, -0.1) is 6.58 Å². The van der Waals surface area contributed by atoms with Gasteiger partial charge < -0.3 is 10.5 Å². The number of methoxy groups -OCH3 is 1. The number of hydrogen-bond donors (Lipinski definition) is 2. The number of hydrogen-bond acceptors (Lipinski definition) is 7. The number of pyridine rings is 1. The molecular formula is C18H22N3O5S+. The highest BCUT2D eigenvalue weighted by atomic mass is 32.2. The standard InChI is InChI=1S/C18H22N3O5S/c1-3-5-17(19)18(22)21(23,13-14-6-4-11-20-12-14)27(24,25)16-9-7-15(26-2)8-10-16/h3-4,6-12,17,23H,1,5,13,19H2,2H3/q+1/t17?,21-/m0/s1. The molecule has 1 aromatic carbocycles. The maximum atomic E-state index is 13.2. The van der Waals surface area contributed by atoms with E-state index in [0.717, 1.165) is 0 Å². The van der Waals surface area contributed by atoms with E-state index < -0.39 is 32.6 Å². The number of carbonyl (C=O) groups is 1. The Hall–Kier alpha value is -2.59. The lowest BCUT2D eigenvalue weighted by Crippen LogP contribution is -2.59. The van der Waals surface area contributed by atoms with E-state index in [2.05, 4.69) is 11.6 Å². The molecule has 3 N–H and O–H groups in total.